The zero-order valence-corrected chi connectivity index (χ0v) is 14.1. The van der Waals surface area contributed by atoms with E-state index in [0.29, 0.717) is 32.0 Å². The molecule has 0 saturated carbocycles. The minimum absolute atomic E-state index is 0.0311. The summed E-state index contributed by atoms with van der Waals surface area (Å²) in [5, 5.41) is 0. The second-order valence-electron chi connectivity index (χ2n) is 6.38. The summed E-state index contributed by atoms with van der Waals surface area (Å²) in [4.78, 5) is 28.5. The topological polar surface area (TPSA) is 49.9 Å². The first-order valence-electron chi connectivity index (χ1n) is 8.12. The molecule has 0 radical (unpaired) electrons. The number of rotatable bonds is 5. The SMILES string of the molecule is CCOC(=O)C1CCCCN1C(=O)N(CC(C)C)C(C)C. The molecule has 122 valence electrons. The van der Waals surface area contributed by atoms with Gasteiger partial charge in [-0.1, -0.05) is 13.8 Å². The predicted molar refractivity (Wildman–Crippen MR) is 83.1 cm³/mol. The van der Waals surface area contributed by atoms with E-state index in [9.17, 15) is 9.59 Å². The van der Waals surface area contributed by atoms with Crippen molar-refractivity contribution in [2.75, 3.05) is 19.7 Å². The molecule has 0 bridgehead atoms. The maximum atomic E-state index is 12.8. The Bertz CT molecular complexity index is 355. The van der Waals surface area contributed by atoms with Gasteiger partial charge in [0.2, 0.25) is 0 Å². The van der Waals surface area contributed by atoms with Crippen LogP contribution in [-0.4, -0.2) is 53.6 Å². The number of piperidine rings is 1. The van der Waals surface area contributed by atoms with E-state index in [4.69, 9.17) is 4.74 Å². The second-order valence-corrected chi connectivity index (χ2v) is 6.38. The average Bonchev–Trinajstić information content (AvgIpc) is 2.44. The molecular formula is C16H30N2O3. The Labute approximate surface area is 128 Å². The Hall–Kier alpha value is -1.26. The number of likely N-dealkylation sites (tertiary alicyclic amines) is 1. The number of hydrogen-bond donors (Lipinski definition) is 0. The third kappa shape index (κ3) is 4.90. The van der Waals surface area contributed by atoms with Crippen LogP contribution in [0.1, 0.15) is 53.9 Å². The Kier molecular flexibility index (Phi) is 6.99. The fourth-order valence-electron chi connectivity index (χ4n) is 2.71. The second kappa shape index (κ2) is 8.25. The molecule has 0 aromatic heterocycles. The number of ether oxygens (including phenoxy) is 1. The maximum Gasteiger partial charge on any atom is 0.328 e. The first-order chi connectivity index (χ1) is 9.88. The van der Waals surface area contributed by atoms with Crippen molar-refractivity contribution in [2.45, 2.75) is 66.0 Å². The predicted octanol–water partition coefficient (Wildman–Crippen LogP) is 2.89. The molecule has 5 heteroatoms. The van der Waals surface area contributed by atoms with Crippen molar-refractivity contribution in [2.24, 2.45) is 5.92 Å². The summed E-state index contributed by atoms with van der Waals surface area (Å²) in [6.45, 7) is 11.7. The van der Waals surface area contributed by atoms with Crippen molar-refractivity contribution in [3.05, 3.63) is 0 Å². The van der Waals surface area contributed by atoms with Gasteiger partial charge >= 0.3 is 12.0 Å². The molecule has 5 nitrogen and oxygen atoms in total. The molecule has 0 N–H and O–H groups in total. The summed E-state index contributed by atoms with van der Waals surface area (Å²) in [6, 6.07) is -0.319. The van der Waals surface area contributed by atoms with Crippen molar-refractivity contribution in [1.29, 1.82) is 0 Å². The molecule has 0 aromatic rings. The van der Waals surface area contributed by atoms with Crippen LogP contribution in [0.25, 0.3) is 0 Å². The fraction of sp³-hybridized carbons (Fsp3) is 0.875. The highest BCUT2D eigenvalue weighted by atomic mass is 16.5. The molecule has 1 unspecified atom stereocenters. The Morgan fingerprint density at radius 1 is 1.24 bits per heavy atom. The lowest BCUT2D eigenvalue weighted by molar-refractivity contribution is -0.149. The van der Waals surface area contributed by atoms with Gasteiger partial charge in [-0.2, -0.15) is 0 Å². The van der Waals surface area contributed by atoms with Crippen LogP contribution in [0.3, 0.4) is 0 Å². The van der Waals surface area contributed by atoms with E-state index in [1.54, 1.807) is 11.8 Å². The first-order valence-corrected chi connectivity index (χ1v) is 8.12. The molecule has 0 aromatic carbocycles. The third-order valence-electron chi connectivity index (χ3n) is 3.74. The van der Waals surface area contributed by atoms with E-state index < -0.39 is 6.04 Å². The van der Waals surface area contributed by atoms with Gasteiger partial charge in [-0.05, 0) is 46.0 Å². The molecule has 1 fully saturated rings. The number of nitrogens with zero attached hydrogens (tertiary/aromatic N) is 2. The van der Waals surface area contributed by atoms with Crippen molar-refractivity contribution >= 4 is 12.0 Å². The van der Waals surface area contributed by atoms with Crippen molar-refractivity contribution in [1.82, 2.24) is 9.80 Å². The third-order valence-corrected chi connectivity index (χ3v) is 3.74. The number of esters is 1. The summed E-state index contributed by atoms with van der Waals surface area (Å²) in [5.41, 5.74) is 0. The first kappa shape index (κ1) is 17.8. The van der Waals surface area contributed by atoms with Gasteiger partial charge in [0.1, 0.15) is 6.04 Å². The highest BCUT2D eigenvalue weighted by Gasteiger charge is 2.36. The van der Waals surface area contributed by atoms with Crippen molar-refractivity contribution in [3.63, 3.8) is 0 Å². The lowest BCUT2D eigenvalue weighted by Crippen LogP contribution is -2.55. The van der Waals surface area contributed by atoms with E-state index >= 15 is 0 Å². The summed E-state index contributed by atoms with van der Waals surface area (Å²) in [5.74, 6) is 0.140. The molecule has 0 aliphatic carbocycles. The van der Waals surface area contributed by atoms with Crippen LogP contribution in [0.2, 0.25) is 0 Å². The molecule has 1 aliphatic rings. The van der Waals surface area contributed by atoms with Crippen molar-refractivity contribution in [3.8, 4) is 0 Å². The van der Waals surface area contributed by atoms with Crippen LogP contribution in [0, 0.1) is 5.92 Å². The number of hydrogen-bond acceptors (Lipinski definition) is 3. The highest BCUT2D eigenvalue weighted by Crippen LogP contribution is 2.21. The van der Waals surface area contributed by atoms with Gasteiger partial charge in [0.15, 0.2) is 0 Å². The standard InChI is InChI=1S/C16H30N2O3/c1-6-21-15(19)14-9-7-8-10-17(14)16(20)18(13(4)5)11-12(2)3/h12-14H,6-11H2,1-5H3. The molecule has 2 amide bonds. The van der Waals surface area contributed by atoms with Gasteiger partial charge < -0.3 is 14.5 Å². The van der Waals surface area contributed by atoms with E-state index in [1.807, 2.05) is 18.7 Å². The lowest BCUT2D eigenvalue weighted by atomic mass is 10.0. The number of amides is 2. The van der Waals surface area contributed by atoms with Gasteiger partial charge in [-0.25, -0.2) is 9.59 Å². The van der Waals surface area contributed by atoms with Crippen LogP contribution in [0.4, 0.5) is 4.79 Å². The molecule has 1 atom stereocenters. The Morgan fingerprint density at radius 3 is 2.43 bits per heavy atom. The summed E-state index contributed by atoms with van der Waals surface area (Å²) in [7, 11) is 0. The Morgan fingerprint density at radius 2 is 1.90 bits per heavy atom. The van der Waals surface area contributed by atoms with Crippen molar-refractivity contribution < 1.29 is 14.3 Å². The maximum absolute atomic E-state index is 12.8. The molecule has 1 heterocycles. The molecule has 1 saturated heterocycles. The van der Waals surface area contributed by atoms with Gasteiger partial charge in [0.25, 0.3) is 0 Å². The number of carbonyl (C=O) groups is 2. The smallest absolute Gasteiger partial charge is 0.328 e. The number of carbonyl (C=O) groups excluding carboxylic acids is 2. The molecule has 1 aliphatic heterocycles. The van der Waals surface area contributed by atoms with E-state index in [0.717, 1.165) is 12.8 Å². The van der Waals surface area contributed by atoms with Crippen LogP contribution >= 0.6 is 0 Å². The minimum Gasteiger partial charge on any atom is -0.464 e. The average molecular weight is 298 g/mol. The highest BCUT2D eigenvalue weighted by molar-refractivity contribution is 5.84. The molecule has 1 rings (SSSR count). The van der Waals surface area contributed by atoms with Gasteiger partial charge in [0.05, 0.1) is 6.61 Å². The summed E-state index contributed by atoms with van der Waals surface area (Å²) >= 11 is 0. The molecular weight excluding hydrogens is 268 g/mol. The van der Waals surface area contributed by atoms with Gasteiger partial charge in [0, 0.05) is 19.1 Å². The molecule has 21 heavy (non-hydrogen) atoms. The van der Waals surface area contributed by atoms with Crippen LogP contribution in [0.15, 0.2) is 0 Å². The van der Waals surface area contributed by atoms with Gasteiger partial charge in [-0.15, -0.1) is 0 Å². The largest absolute Gasteiger partial charge is 0.464 e. The number of urea groups is 1. The van der Waals surface area contributed by atoms with E-state index in [1.165, 1.54) is 0 Å². The van der Waals surface area contributed by atoms with Crippen LogP contribution in [0.5, 0.6) is 0 Å². The zero-order valence-electron chi connectivity index (χ0n) is 14.1. The summed E-state index contributed by atoms with van der Waals surface area (Å²) in [6.07, 6.45) is 2.63. The monoisotopic (exact) mass is 298 g/mol. The fourth-order valence-corrected chi connectivity index (χ4v) is 2.71. The zero-order chi connectivity index (χ0) is 16.0. The Balaban J connectivity index is 2.86. The van der Waals surface area contributed by atoms with Gasteiger partial charge in [-0.3, -0.25) is 0 Å². The minimum atomic E-state index is -0.417. The molecule has 0 spiro atoms. The van der Waals surface area contributed by atoms with E-state index in [-0.39, 0.29) is 18.0 Å². The quantitative estimate of drug-likeness (QED) is 0.733. The summed E-state index contributed by atoms with van der Waals surface area (Å²) < 4.78 is 5.13. The van der Waals surface area contributed by atoms with E-state index in [2.05, 4.69) is 13.8 Å². The van der Waals surface area contributed by atoms with Crippen LogP contribution in [-0.2, 0) is 9.53 Å². The van der Waals surface area contributed by atoms with Crippen LogP contribution < -0.4 is 0 Å². The normalized spacial score (nSPS) is 19.0. The lowest BCUT2D eigenvalue weighted by Gasteiger charge is -2.39.